The highest BCUT2D eigenvalue weighted by molar-refractivity contribution is 7.22. The maximum absolute atomic E-state index is 13.9. The molecule has 5 aromatic heterocycles. The molecule has 8 heterocycles. The van der Waals surface area contributed by atoms with Gasteiger partial charge >= 0.3 is 25.0 Å². The molecule has 20 nitrogen and oxygen atoms in total. The number of methoxy groups -OCH3 is 1. The molecule has 0 saturated carbocycles. The van der Waals surface area contributed by atoms with E-state index in [1.807, 2.05) is 204 Å². The minimum atomic E-state index is -0.774. The van der Waals surface area contributed by atoms with E-state index in [2.05, 4.69) is 47.5 Å². The molecule has 101 heavy (non-hydrogen) atoms. The van der Waals surface area contributed by atoms with Gasteiger partial charge in [-0.05, 0) is 208 Å². The summed E-state index contributed by atoms with van der Waals surface area (Å²) in [6.45, 7) is 23.5. The average molecular weight is 1400 g/mol. The zero-order valence-corrected chi connectivity index (χ0v) is 60.6. The second-order valence-corrected chi connectivity index (χ2v) is 30.2. The van der Waals surface area contributed by atoms with E-state index in [0.717, 1.165) is 77.9 Å². The van der Waals surface area contributed by atoms with Crippen LogP contribution in [0.5, 0.6) is 5.75 Å². The molecular weight excluding hydrogens is 1310 g/mol. The second-order valence-electron chi connectivity index (χ2n) is 28.2. The van der Waals surface area contributed by atoms with Crippen LogP contribution in [0.2, 0.25) is 0 Å². The molecule has 3 aliphatic heterocycles. The average Bonchev–Trinajstić information content (AvgIpc) is 1.73. The summed E-state index contributed by atoms with van der Waals surface area (Å²) in [5, 5.41) is 7.12. The van der Waals surface area contributed by atoms with E-state index in [-0.39, 0.29) is 35.6 Å². The van der Waals surface area contributed by atoms with E-state index in [1.165, 1.54) is 29.8 Å². The smallest absolute Gasteiger partial charge is 0.493 e. The maximum Gasteiger partial charge on any atom is 0.497 e. The number of hydrogen-bond donors (Lipinski definition) is 2. The van der Waals surface area contributed by atoms with Crippen molar-refractivity contribution in [1.29, 1.82) is 0 Å². The van der Waals surface area contributed by atoms with Crippen molar-refractivity contribution in [2.24, 2.45) is 0 Å². The number of amides is 2. The van der Waals surface area contributed by atoms with Crippen LogP contribution in [0.1, 0.15) is 156 Å². The van der Waals surface area contributed by atoms with Crippen molar-refractivity contribution in [3.8, 4) is 16.9 Å². The summed E-state index contributed by atoms with van der Waals surface area (Å²) >= 11 is 2.89. The molecule has 0 aliphatic carbocycles. The van der Waals surface area contributed by atoms with E-state index < -0.39 is 41.5 Å². The van der Waals surface area contributed by atoms with Crippen molar-refractivity contribution in [2.45, 2.75) is 144 Å². The van der Waals surface area contributed by atoms with Crippen LogP contribution in [0.4, 0.5) is 21.9 Å². The van der Waals surface area contributed by atoms with Crippen molar-refractivity contribution < 1.29 is 52.2 Å². The number of pyridine rings is 3. The van der Waals surface area contributed by atoms with Crippen molar-refractivity contribution in [1.82, 2.24) is 24.9 Å². The predicted molar refractivity (Wildman–Crippen MR) is 396 cm³/mol. The monoisotopic (exact) mass is 1400 g/mol. The first-order chi connectivity index (χ1) is 48.2. The van der Waals surface area contributed by atoms with E-state index in [4.69, 9.17) is 38.2 Å². The Balaban J connectivity index is 0.000000197. The zero-order chi connectivity index (χ0) is 71.5. The first-order valence-electron chi connectivity index (χ1n) is 33.8. The minimum Gasteiger partial charge on any atom is -0.493 e. The van der Waals surface area contributed by atoms with Crippen molar-refractivity contribution >= 4 is 107 Å². The maximum atomic E-state index is 13.9. The van der Waals surface area contributed by atoms with Gasteiger partial charge in [0.15, 0.2) is 21.7 Å². The number of fused-ring (bicyclic) bond motifs is 4. The van der Waals surface area contributed by atoms with Crippen LogP contribution in [0.15, 0.2) is 146 Å². The Morgan fingerprint density at radius 3 is 1.64 bits per heavy atom. The van der Waals surface area contributed by atoms with E-state index >= 15 is 0 Å². The number of nitrogens with zero attached hydrogens (tertiary/aromatic N) is 7. The quantitative estimate of drug-likeness (QED) is 0.0373. The summed E-state index contributed by atoms with van der Waals surface area (Å²) in [5.74, 6) is 0.138. The number of aryl methyl sites for hydroxylation is 1. The summed E-state index contributed by atoms with van der Waals surface area (Å²) in [6.07, 6.45) is 4.77. The number of carbonyl (C=O) groups excluding carboxylic acids is 5. The third-order valence-corrected chi connectivity index (χ3v) is 20.0. The Labute approximate surface area is 596 Å². The van der Waals surface area contributed by atoms with Crippen LogP contribution in [0.3, 0.4) is 0 Å². The van der Waals surface area contributed by atoms with Gasteiger partial charge in [0.1, 0.15) is 28.6 Å². The molecule has 10 aromatic rings. The normalized spacial score (nSPS) is 14.7. The number of thiazole rings is 2. The van der Waals surface area contributed by atoms with Crippen molar-refractivity contribution in [2.75, 3.05) is 47.2 Å². The van der Waals surface area contributed by atoms with E-state index in [9.17, 15) is 24.0 Å². The molecule has 23 heteroatoms. The molecule has 0 atom stereocenters. The molecule has 1 saturated heterocycles. The standard InChI is InChI=1S/C45H45N5O6S.C33H37BN4O5S/c1-28-32(13-9-16-37(28)55-24-10-12-31-19-18-29(26-46-31)25-40(51)54-5)33-20-21-39(48-41(33)43(53)56-45(2,3)4)50-23-22-30-11-8-14-34(35(30)27-50)42(52)49-44-47-36-15-6-7-17-38(36)57-44;1-31(2,3)41-29(40)27-23(34-42-32(4,5)33(6,7)43-34)15-16-26(36-27)38-18-17-20-11-10-12-21(22(20)19-38)28(39)37-30-35-24-13-8-9-14-25(24)44-30/h6-9,11,13-21,26H,10,12,22-25,27H2,1-5H3,(H,47,49,52);8-16H,17-19H2,1-7H3,(H,35,37,39). The molecule has 0 radical (unpaired) electrons. The second kappa shape index (κ2) is 29.3. The van der Waals surface area contributed by atoms with Gasteiger partial charge in [-0.15, -0.1) is 0 Å². The number of ether oxygens (including phenoxy) is 4. The highest BCUT2D eigenvalue weighted by Gasteiger charge is 2.53. The van der Waals surface area contributed by atoms with E-state index in [1.54, 1.807) is 6.20 Å². The number of benzene rings is 5. The topological polar surface area (TPSA) is 236 Å². The Morgan fingerprint density at radius 1 is 0.594 bits per heavy atom. The molecule has 0 spiro atoms. The van der Waals surface area contributed by atoms with Crippen molar-refractivity contribution in [3.05, 3.63) is 207 Å². The van der Waals surface area contributed by atoms with Crippen LogP contribution >= 0.6 is 22.7 Å². The lowest BCUT2D eigenvalue weighted by Gasteiger charge is -2.32. The third-order valence-electron chi connectivity index (χ3n) is 18.1. The summed E-state index contributed by atoms with van der Waals surface area (Å²) in [6, 6.07) is 44.4. The largest absolute Gasteiger partial charge is 0.497 e. The molecule has 0 bridgehead atoms. The zero-order valence-electron chi connectivity index (χ0n) is 58.9. The van der Waals surface area contributed by atoms with Gasteiger partial charge in [0.2, 0.25) is 0 Å². The SMILES string of the molecule is CC(C)(C)OC(=O)c1nc(N2CCc3cccc(C(=O)Nc4nc5ccccc5s4)c3C2)ccc1B1OC(C)(C)C(C)(C)O1.COC(=O)Cc1ccc(CCCOc2cccc(-c3ccc(N4CCc5cccc(C(=O)Nc6nc7ccccc7s6)c5C4)nc3C(=O)OC(C)(C)C)c2C)nc1. The highest BCUT2D eigenvalue weighted by atomic mass is 32.1. The summed E-state index contributed by atoms with van der Waals surface area (Å²) < 4.78 is 37.2. The predicted octanol–water partition coefficient (Wildman–Crippen LogP) is 14.3. The Hall–Kier alpha value is -9.94. The molecule has 13 rings (SSSR count). The summed E-state index contributed by atoms with van der Waals surface area (Å²) in [5.41, 5.74) is 9.23. The number of anilines is 4. The van der Waals surface area contributed by atoms with Gasteiger partial charge in [-0.25, -0.2) is 29.5 Å². The van der Waals surface area contributed by atoms with Gasteiger partial charge in [-0.3, -0.25) is 30.0 Å². The lowest BCUT2D eigenvalue weighted by atomic mass is 9.77. The number of aromatic nitrogens is 5. The number of para-hydroxylation sites is 2. The molecule has 0 unspecified atom stereocenters. The molecule has 1 fully saturated rings. The molecule has 2 amide bonds. The Kier molecular flexibility index (Phi) is 20.6. The number of esters is 3. The van der Waals surface area contributed by atoms with Crippen LogP contribution in [0.25, 0.3) is 31.6 Å². The van der Waals surface area contributed by atoms with Gasteiger partial charge in [0, 0.05) is 60.2 Å². The summed E-state index contributed by atoms with van der Waals surface area (Å²) in [7, 11) is 0.597. The van der Waals surface area contributed by atoms with Gasteiger partial charge in [-0.1, -0.05) is 95.5 Å². The highest BCUT2D eigenvalue weighted by Crippen LogP contribution is 2.39. The van der Waals surface area contributed by atoms with Gasteiger partial charge < -0.3 is 38.1 Å². The van der Waals surface area contributed by atoms with Crippen LogP contribution in [-0.4, -0.2) is 111 Å². The fourth-order valence-corrected chi connectivity index (χ4v) is 13.9. The summed E-state index contributed by atoms with van der Waals surface area (Å²) in [4.78, 5) is 93.8. The number of carbonyl (C=O) groups is 5. The number of nitrogens with one attached hydrogen (secondary N) is 2. The van der Waals surface area contributed by atoms with Gasteiger partial charge in [-0.2, -0.15) is 0 Å². The lowest BCUT2D eigenvalue weighted by molar-refractivity contribution is -0.139. The molecule has 2 N–H and O–H groups in total. The molecule has 5 aromatic carbocycles. The van der Waals surface area contributed by atoms with Crippen LogP contribution in [0, 0.1) is 6.92 Å². The fraction of sp³-hybridized carbons (Fsp3) is 0.333. The van der Waals surface area contributed by atoms with Crippen LogP contribution in [-0.2, 0) is 67.1 Å². The van der Waals surface area contributed by atoms with E-state index in [0.29, 0.717) is 95.4 Å². The number of hydrogen-bond acceptors (Lipinski definition) is 20. The van der Waals surface area contributed by atoms with Crippen LogP contribution < -0.4 is 30.6 Å². The minimum absolute atomic E-state index is 0.156. The number of rotatable bonds is 17. The Morgan fingerprint density at radius 2 is 1.12 bits per heavy atom. The van der Waals surface area contributed by atoms with Gasteiger partial charge in [0.25, 0.3) is 11.8 Å². The molecular formula is C78H82BN9O11S2. The van der Waals surface area contributed by atoms with Gasteiger partial charge in [0.05, 0.1) is 51.8 Å². The first-order valence-corrected chi connectivity index (χ1v) is 35.4. The molecule has 3 aliphatic rings. The Bertz CT molecular complexity index is 4710. The first kappa shape index (κ1) is 70.9. The van der Waals surface area contributed by atoms with Crippen molar-refractivity contribution in [3.63, 3.8) is 0 Å². The lowest BCUT2D eigenvalue weighted by Crippen LogP contribution is -2.41. The molecule has 520 valence electrons. The fourth-order valence-electron chi connectivity index (χ4n) is 12.2. The third kappa shape index (κ3) is 16.4.